The third-order valence-electron chi connectivity index (χ3n) is 3.50. The first kappa shape index (κ1) is 10.6. The van der Waals surface area contributed by atoms with E-state index < -0.39 is 0 Å². The average molecular weight is 231 g/mol. The van der Waals surface area contributed by atoms with Crippen molar-refractivity contribution in [1.82, 2.24) is 10.6 Å². The predicted molar refractivity (Wildman–Crippen MR) is 67.5 cm³/mol. The number of carbonyl (C=O) groups excluding carboxylic acids is 1. The third-order valence-corrected chi connectivity index (χ3v) is 3.50. The maximum absolute atomic E-state index is 11.6. The zero-order valence-electron chi connectivity index (χ0n) is 9.83. The zero-order valence-corrected chi connectivity index (χ0v) is 9.83. The van der Waals surface area contributed by atoms with Crippen molar-refractivity contribution in [2.45, 2.75) is 12.8 Å². The van der Waals surface area contributed by atoms with Gasteiger partial charge >= 0.3 is 6.03 Å². The van der Waals surface area contributed by atoms with Crippen LogP contribution in [0.5, 0.6) is 0 Å². The van der Waals surface area contributed by atoms with Gasteiger partial charge in [-0.2, -0.15) is 0 Å². The maximum Gasteiger partial charge on any atom is 0.321 e. The second-order valence-corrected chi connectivity index (χ2v) is 4.59. The highest BCUT2D eigenvalue weighted by atomic mass is 16.2. The summed E-state index contributed by atoms with van der Waals surface area (Å²) in [5, 5.41) is 6.23. The Labute approximate surface area is 101 Å². The summed E-state index contributed by atoms with van der Waals surface area (Å²) in [5.41, 5.74) is 3.83. The van der Waals surface area contributed by atoms with Crippen LogP contribution in [0.2, 0.25) is 0 Å². The Morgan fingerprint density at radius 3 is 2.65 bits per heavy atom. The van der Waals surface area contributed by atoms with E-state index in [1.165, 1.54) is 11.1 Å². The summed E-state index contributed by atoms with van der Waals surface area (Å²) in [6.45, 7) is 3.60. The van der Waals surface area contributed by atoms with Gasteiger partial charge in [0, 0.05) is 18.8 Å². The minimum absolute atomic E-state index is 0.0247. The molecule has 17 heavy (non-hydrogen) atoms. The number of urea groups is 1. The van der Waals surface area contributed by atoms with Gasteiger partial charge < -0.3 is 10.6 Å². The van der Waals surface area contributed by atoms with Crippen LogP contribution in [0.3, 0.4) is 0 Å². The lowest BCUT2D eigenvalue weighted by molar-refractivity contribution is 0.252. The zero-order chi connectivity index (χ0) is 11.7. The van der Waals surface area contributed by atoms with E-state index in [1.807, 2.05) is 4.90 Å². The maximum atomic E-state index is 11.6. The molecule has 0 spiro atoms. The van der Waals surface area contributed by atoms with E-state index >= 15 is 0 Å². The van der Waals surface area contributed by atoms with Crippen LogP contribution in [-0.2, 0) is 12.8 Å². The average Bonchev–Trinajstić information content (AvgIpc) is 2.64. The van der Waals surface area contributed by atoms with Crippen molar-refractivity contribution in [3.05, 3.63) is 29.3 Å². The number of benzene rings is 1. The molecule has 1 aromatic carbocycles. The van der Waals surface area contributed by atoms with Gasteiger partial charge in [0.25, 0.3) is 0 Å². The topological polar surface area (TPSA) is 44.4 Å². The number of nitrogens with zero attached hydrogens (tertiary/aromatic N) is 1. The SMILES string of the molecule is O=C1NCCN1c1ccc2c(c1)CCNCC2. The highest BCUT2D eigenvalue weighted by Gasteiger charge is 2.21. The van der Waals surface area contributed by atoms with Gasteiger partial charge in [0.05, 0.1) is 0 Å². The van der Waals surface area contributed by atoms with Crippen LogP contribution in [0.1, 0.15) is 11.1 Å². The van der Waals surface area contributed by atoms with E-state index in [2.05, 4.69) is 28.8 Å². The Hall–Kier alpha value is -1.55. The standard InChI is InChI=1S/C13H17N3O/c17-13-15-7-8-16(13)12-2-1-10-3-5-14-6-4-11(10)9-12/h1-2,9,14H,3-8H2,(H,15,17). The molecule has 0 radical (unpaired) electrons. The molecule has 0 bridgehead atoms. The second kappa shape index (κ2) is 4.37. The third kappa shape index (κ3) is 2.00. The molecule has 3 rings (SSSR count). The lowest BCUT2D eigenvalue weighted by Gasteiger charge is -2.16. The molecule has 2 amide bonds. The van der Waals surface area contributed by atoms with Crippen molar-refractivity contribution < 1.29 is 4.79 Å². The Balaban J connectivity index is 1.91. The number of carbonyl (C=O) groups is 1. The normalized spacial score (nSPS) is 19.8. The summed E-state index contributed by atoms with van der Waals surface area (Å²) in [5.74, 6) is 0. The quantitative estimate of drug-likeness (QED) is 0.754. The van der Waals surface area contributed by atoms with Gasteiger partial charge in [0.2, 0.25) is 0 Å². The summed E-state index contributed by atoms with van der Waals surface area (Å²) in [4.78, 5) is 13.4. The summed E-state index contributed by atoms with van der Waals surface area (Å²) < 4.78 is 0. The summed E-state index contributed by atoms with van der Waals surface area (Å²) in [6.07, 6.45) is 2.14. The fourth-order valence-electron chi connectivity index (χ4n) is 2.55. The molecule has 0 unspecified atom stereocenters. The van der Waals surface area contributed by atoms with Crippen molar-refractivity contribution in [2.24, 2.45) is 0 Å². The highest BCUT2D eigenvalue weighted by Crippen LogP contribution is 2.22. The lowest BCUT2D eigenvalue weighted by atomic mass is 10.0. The van der Waals surface area contributed by atoms with Crippen LogP contribution in [0.25, 0.3) is 0 Å². The molecule has 1 fully saturated rings. The van der Waals surface area contributed by atoms with Crippen molar-refractivity contribution in [1.29, 1.82) is 0 Å². The van der Waals surface area contributed by atoms with E-state index in [0.29, 0.717) is 0 Å². The molecule has 1 saturated heterocycles. The molecule has 2 heterocycles. The van der Waals surface area contributed by atoms with E-state index in [-0.39, 0.29) is 6.03 Å². The summed E-state index contributed by atoms with van der Waals surface area (Å²) in [6, 6.07) is 6.43. The number of amides is 2. The van der Waals surface area contributed by atoms with Gasteiger partial charge in [0.15, 0.2) is 0 Å². The Morgan fingerprint density at radius 1 is 1.06 bits per heavy atom. The van der Waals surface area contributed by atoms with Gasteiger partial charge in [-0.15, -0.1) is 0 Å². The Bertz CT molecular complexity index is 444. The van der Waals surface area contributed by atoms with Crippen molar-refractivity contribution in [2.75, 3.05) is 31.1 Å². The first-order chi connectivity index (χ1) is 8.34. The van der Waals surface area contributed by atoms with Crippen molar-refractivity contribution >= 4 is 11.7 Å². The van der Waals surface area contributed by atoms with Gasteiger partial charge in [-0.1, -0.05) is 6.07 Å². The van der Waals surface area contributed by atoms with Crippen LogP contribution in [0, 0.1) is 0 Å². The molecular weight excluding hydrogens is 214 g/mol. The molecule has 0 aromatic heterocycles. The van der Waals surface area contributed by atoms with Gasteiger partial charge in [-0.05, 0) is 49.2 Å². The second-order valence-electron chi connectivity index (χ2n) is 4.59. The summed E-state index contributed by atoms with van der Waals surface area (Å²) in [7, 11) is 0. The molecule has 2 aliphatic heterocycles. The molecule has 0 aliphatic carbocycles. The van der Waals surface area contributed by atoms with Crippen LogP contribution < -0.4 is 15.5 Å². The van der Waals surface area contributed by atoms with Crippen LogP contribution in [0.4, 0.5) is 10.5 Å². The van der Waals surface area contributed by atoms with Crippen molar-refractivity contribution in [3.8, 4) is 0 Å². The van der Waals surface area contributed by atoms with E-state index in [0.717, 1.165) is 44.7 Å². The molecule has 4 nitrogen and oxygen atoms in total. The monoisotopic (exact) mass is 231 g/mol. The molecule has 2 N–H and O–H groups in total. The highest BCUT2D eigenvalue weighted by molar-refractivity contribution is 5.94. The molecule has 0 saturated carbocycles. The Kier molecular flexibility index (Phi) is 2.73. The smallest absolute Gasteiger partial charge is 0.321 e. The molecule has 90 valence electrons. The number of fused-ring (bicyclic) bond motifs is 1. The number of nitrogens with one attached hydrogen (secondary N) is 2. The fraction of sp³-hybridized carbons (Fsp3) is 0.462. The van der Waals surface area contributed by atoms with Crippen molar-refractivity contribution in [3.63, 3.8) is 0 Å². The van der Waals surface area contributed by atoms with E-state index in [1.54, 1.807) is 0 Å². The first-order valence-corrected chi connectivity index (χ1v) is 6.22. The van der Waals surface area contributed by atoms with Gasteiger partial charge in [0.1, 0.15) is 0 Å². The first-order valence-electron chi connectivity index (χ1n) is 6.22. The number of hydrogen-bond acceptors (Lipinski definition) is 2. The lowest BCUT2D eigenvalue weighted by Crippen LogP contribution is -2.27. The van der Waals surface area contributed by atoms with Crippen LogP contribution >= 0.6 is 0 Å². The molecule has 0 atom stereocenters. The molecule has 4 heteroatoms. The van der Waals surface area contributed by atoms with Gasteiger partial charge in [-0.25, -0.2) is 4.79 Å². The fourth-order valence-corrected chi connectivity index (χ4v) is 2.55. The predicted octanol–water partition coefficient (Wildman–Crippen LogP) is 0.904. The van der Waals surface area contributed by atoms with E-state index in [4.69, 9.17) is 0 Å². The molecule has 2 aliphatic rings. The minimum atomic E-state index is 0.0247. The number of anilines is 1. The largest absolute Gasteiger partial charge is 0.336 e. The molecular formula is C13H17N3O. The van der Waals surface area contributed by atoms with Gasteiger partial charge in [-0.3, -0.25) is 4.90 Å². The van der Waals surface area contributed by atoms with E-state index in [9.17, 15) is 4.79 Å². The number of hydrogen-bond donors (Lipinski definition) is 2. The van der Waals surface area contributed by atoms with Crippen LogP contribution in [0.15, 0.2) is 18.2 Å². The summed E-state index contributed by atoms with van der Waals surface area (Å²) >= 11 is 0. The Morgan fingerprint density at radius 2 is 1.88 bits per heavy atom. The molecule has 1 aromatic rings. The minimum Gasteiger partial charge on any atom is -0.336 e. The number of rotatable bonds is 1. The van der Waals surface area contributed by atoms with Crippen LogP contribution in [-0.4, -0.2) is 32.2 Å².